The first-order chi connectivity index (χ1) is 13.2. The number of para-hydroxylation sites is 1. The lowest BCUT2D eigenvalue weighted by atomic mass is 10.1. The molecular weight excluding hydrogens is 336 g/mol. The van der Waals surface area contributed by atoms with E-state index in [9.17, 15) is 9.59 Å². The highest BCUT2D eigenvalue weighted by atomic mass is 16.1. The van der Waals surface area contributed by atoms with Crippen molar-refractivity contribution in [1.29, 1.82) is 0 Å². The Hall–Kier alpha value is -3.40. The molecule has 1 amide bonds. The Kier molecular flexibility index (Phi) is 6.36. The van der Waals surface area contributed by atoms with Gasteiger partial charge < -0.3 is 10.6 Å². The predicted molar refractivity (Wildman–Crippen MR) is 109 cm³/mol. The third-order valence-corrected chi connectivity index (χ3v) is 4.13. The second-order valence-electron chi connectivity index (χ2n) is 6.26. The second-order valence-corrected chi connectivity index (χ2v) is 6.26. The van der Waals surface area contributed by atoms with Crippen molar-refractivity contribution < 1.29 is 9.59 Å². The standard InChI is InChI=1S/C23H22N2O2/c26-22(18-8-3-1-4-9-18)12-7-13-23(27)25-21-16-14-20(15-17-21)24-19-10-5-2-6-11-19/h1-6,8-11,14-17,24H,7,12-13H2,(H,25,27). The van der Waals surface area contributed by atoms with Crippen molar-refractivity contribution in [2.24, 2.45) is 0 Å². The topological polar surface area (TPSA) is 58.2 Å². The zero-order chi connectivity index (χ0) is 18.9. The number of anilines is 3. The van der Waals surface area contributed by atoms with Crippen LogP contribution in [-0.4, -0.2) is 11.7 Å². The lowest BCUT2D eigenvalue weighted by Gasteiger charge is -2.08. The molecule has 0 radical (unpaired) electrons. The van der Waals surface area contributed by atoms with Gasteiger partial charge in [0.1, 0.15) is 0 Å². The number of carbonyl (C=O) groups is 2. The van der Waals surface area contributed by atoms with Gasteiger partial charge >= 0.3 is 0 Å². The first kappa shape index (κ1) is 18.4. The highest BCUT2D eigenvalue weighted by molar-refractivity contribution is 5.96. The van der Waals surface area contributed by atoms with Gasteiger partial charge in [0.2, 0.25) is 5.91 Å². The smallest absolute Gasteiger partial charge is 0.224 e. The fraction of sp³-hybridized carbons (Fsp3) is 0.130. The van der Waals surface area contributed by atoms with Gasteiger partial charge in [0.15, 0.2) is 5.78 Å². The Balaban J connectivity index is 1.43. The van der Waals surface area contributed by atoms with Gasteiger partial charge in [-0.05, 0) is 42.8 Å². The Morgan fingerprint density at radius 3 is 1.85 bits per heavy atom. The number of benzene rings is 3. The molecule has 0 spiro atoms. The van der Waals surface area contributed by atoms with Gasteiger partial charge in [0.05, 0.1) is 0 Å². The summed E-state index contributed by atoms with van der Waals surface area (Å²) in [6, 6.07) is 26.6. The molecule has 0 saturated heterocycles. The molecule has 3 aromatic carbocycles. The summed E-state index contributed by atoms with van der Waals surface area (Å²) in [5.74, 6) is -0.0145. The molecule has 0 heterocycles. The maximum Gasteiger partial charge on any atom is 0.224 e. The summed E-state index contributed by atoms with van der Waals surface area (Å²) in [6.45, 7) is 0. The van der Waals surface area contributed by atoms with Gasteiger partial charge in [-0.3, -0.25) is 9.59 Å². The van der Waals surface area contributed by atoms with Crippen LogP contribution in [0.2, 0.25) is 0 Å². The second kappa shape index (κ2) is 9.34. The molecule has 27 heavy (non-hydrogen) atoms. The van der Waals surface area contributed by atoms with Crippen molar-refractivity contribution in [1.82, 2.24) is 0 Å². The van der Waals surface area contributed by atoms with Crippen LogP contribution in [0.25, 0.3) is 0 Å². The monoisotopic (exact) mass is 358 g/mol. The van der Waals surface area contributed by atoms with E-state index in [2.05, 4.69) is 10.6 Å². The van der Waals surface area contributed by atoms with Crippen LogP contribution in [0.5, 0.6) is 0 Å². The summed E-state index contributed by atoms with van der Waals surface area (Å²) >= 11 is 0. The molecule has 0 saturated carbocycles. The average molecular weight is 358 g/mol. The number of nitrogens with one attached hydrogen (secondary N) is 2. The minimum atomic E-state index is -0.0837. The first-order valence-corrected chi connectivity index (χ1v) is 9.01. The summed E-state index contributed by atoms with van der Waals surface area (Å²) in [5, 5.41) is 6.17. The first-order valence-electron chi connectivity index (χ1n) is 9.01. The largest absolute Gasteiger partial charge is 0.356 e. The van der Waals surface area contributed by atoms with E-state index in [4.69, 9.17) is 0 Å². The quantitative estimate of drug-likeness (QED) is 0.529. The third kappa shape index (κ3) is 5.82. The molecule has 0 aliphatic carbocycles. The highest BCUT2D eigenvalue weighted by Gasteiger charge is 2.07. The molecule has 136 valence electrons. The summed E-state index contributed by atoms with van der Waals surface area (Å²) in [7, 11) is 0. The Morgan fingerprint density at radius 2 is 1.19 bits per heavy atom. The summed E-state index contributed by atoms with van der Waals surface area (Å²) < 4.78 is 0. The van der Waals surface area contributed by atoms with E-state index < -0.39 is 0 Å². The molecule has 0 atom stereocenters. The van der Waals surface area contributed by atoms with Crippen LogP contribution in [-0.2, 0) is 4.79 Å². The van der Waals surface area contributed by atoms with E-state index in [1.165, 1.54) is 0 Å². The number of hydrogen-bond donors (Lipinski definition) is 2. The molecule has 0 aliphatic rings. The number of Topliss-reactive ketones (excluding diaryl/α,β-unsaturated/α-hetero) is 1. The fourth-order valence-electron chi connectivity index (χ4n) is 2.73. The van der Waals surface area contributed by atoms with Crippen molar-refractivity contribution in [3.63, 3.8) is 0 Å². The number of carbonyl (C=O) groups excluding carboxylic acids is 2. The van der Waals surface area contributed by atoms with Crippen LogP contribution in [0.1, 0.15) is 29.6 Å². The van der Waals surface area contributed by atoms with E-state index in [-0.39, 0.29) is 11.7 Å². The van der Waals surface area contributed by atoms with Crippen LogP contribution in [0.4, 0.5) is 17.1 Å². The van der Waals surface area contributed by atoms with Crippen molar-refractivity contribution in [2.45, 2.75) is 19.3 Å². The maximum absolute atomic E-state index is 12.1. The molecule has 3 rings (SSSR count). The predicted octanol–water partition coefficient (Wildman–Crippen LogP) is 5.42. The SMILES string of the molecule is O=C(CCCC(=O)c1ccccc1)Nc1ccc(Nc2ccccc2)cc1. The lowest BCUT2D eigenvalue weighted by molar-refractivity contribution is -0.116. The third-order valence-electron chi connectivity index (χ3n) is 4.13. The molecule has 4 nitrogen and oxygen atoms in total. The van der Waals surface area contributed by atoms with Crippen molar-refractivity contribution in [3.8, 4) is 0 Å². The lowest BCUT2D eigenvalue weighted by Crippen LogP contribution is -2.12. The minimum absolute atomic E-state index is 0.0692. The van der Waals surface area contributed by atoms with E-state index in [0.717, 1.165) is 17.1 Å². The summed E-state index contributed by atoms with van der Waals surface area (Å²) in [4.78, 5) is 24.1. The van der Waals surface area contributed by atoms with Gasteiger partial charge in [-0.1, -0.05) is 48.5 Å². The molecule has 0 bridgehead atoms. The van der Waals surface area contributed by atoms with Crippen LogP contribution in [0, 0.1) is 0 Å². The van der Waals surface area contributed by atoms with E-state index in [0.29, 0.717) is 24.8 Å². The van der Waals surface area contributed by atoms with Gasteiger partial charge in [0, 0.05) is 35.5 Å². The fourth-order valence-corrected chi connectivity index (χ4v) is 2.73. The summed E-state index contributed by atoms with van der Waals surface area (Å²) in [6.07, 6.45) is 1.23. The van der Waals surface area contributed by atoms with E-state index in [1.807, 2.05) is 72.8 Å². The van der Waals surface area contributed by atoms with Gasteiger partial charge in [-0.25, -0.2) is 0 Å². The summed E-state index contributed by atoms with van der Waals surface area (Å²) in [5.41, 5.74) is 3.40. The average Bonchev–Trinajstić information content (AvgIpc) is 2.71. The van der Waals surface area contributed by atoms with Gasteiger partial charge in [0.25, 0.3) is 0 Å². The molecule has 2 N–H and O–H groups in total. The van der Waals surface area contributed by atoms with Crippen LogP contribution >= 0.6 is 0 Å². The van der Waals surface area contributed by atoms with Crippen molar-refractivity contribution in [3.05, 3.63) is 90.5 Å². The van der Waals surface area contributed by atoms with Crippen LogP contribution in [0.15, 0.2) is 84.9 Å². The van der Waals surface area contributed by atoms with Crippen molar-refractivity contribution >= 4 is 28.8 Å². The minimum Gasteiger partial charge on any atom is -0.356 e. The van der Waals surface area contributed by atoms with Gasteiger partial charge in [-0.2, -0.15) is 0 Å². The van der Waals surface area contributed by atoms with Crippen molar-refractivity contribution in [2.75, 3.05) is 10.6 Å². The van der Waals surface area contributed by atoms with Gasteiger partial charge in [-0.15, -0.1) is 0 Å². The van der Waals surface area contributed by atoms with E-state index >= 15 is 0 Å². The highest BCUT2D eigenvalue weighted by Crippen LogP contribution is 2.19. The molecular formula is C23H22N2O2. The number of amides is 1. The number of hydrogen-bond acceptors (Lipinski definition) is 3. The van der Waals surface area contributed by atoms with Crippen LogP contribution in [0.3, 0.4) is 0 Å². The van der Waals surface area contributed by atoms with Crippen LogP contribution < -0.4 is 10.6 Å². The molecule has 3 aromatic rings. The zero-order valence-electron chi connectivity index (χ0n) is 15.0. The maximum atomic E-state index is 12.1. The number of ketones is 1. The molecule has 0 fully saturated rings. The zero-order valence-corrected chi connectivity index (χ0v) is 15.0. The molecule has 0 unspecified atom stereocenters. The number of rotatable bonds is 8. The molecule has 0 aromatic heterocycles. The Morgan fingerprint density at radius 1 is 0.630 bits per heavy atom. The molecule has 4 heteroatoms. The molecule has 0 aliphatic heterocycles. The Bertz CT molecular complexity index is 875. The van der Waals surface area contributed by atoms with E-state index in [1.54, 1.807) is 12.1 Å². The Labute approximate surface area is 159 Å². The normalized spacial score (nSPS) is 10.2.